The maximum atomic E-state index is 11.5. The van der Waals surface area contributed by atoms with Gasteiger partial charge >= 0.3 is 0 Å². The molecule has 1 saturated heterocycles. The molecule has 1 N–H and O–H groups in total. The fourth-order valence-corrected chi connectivity index (χ4v) is 4.94. The summed E-state index contributed by atoms with van der Waals surface area (Å²) >= 11 is 2.02. The molecule has 1 amide bonds. The SMILES string of the molecule is CNC(=O)CC1CCN(Cc2ccc(C3CCCC3)s2)C1. The lowest BCUT2D eigenvalue weighted by Gasteiger charge is -2.14. The third kappa shape index (κ3) is 3.86. The second-order valence-corrected chi connectivity index (χ2v) is 7.75. The van der Waals surface area contributed by atoms with Gasteiger partial charge in [0.05, 0.1) is 0 Å². The molecule has 2 aliphatic rings. The fraction of sp³-hybridized carbons (Fsp3) is 0.706. The average Bonchev–Trinajstić information content (AvgIpc) is 3.19. The first-order valence-electron chi connectivity index (χ1n) is 8.26. The summed E-state index contributed by atoms with van der Waals surface area (Å²) in [6.45, 7) is 3.28. The number of thiophene rings is 1. The maximum absolute atomic E-state index is 11.5. The summed E-state index contributed by atoms with van der Waals surface area (Å²) in [6, 6.07) is 4.68. The van der Waals surface area contributed by atoms with Crippen molar-refractivity contribution in [1.82, 2.24) is 10.2 Å². The first-order valence-corrected chi connectivity index (χ1v) is 9.08. The Morgan fingerprint density at radius 3 is 2.90 bits per heavy atom. The Kier molecular flexibility index (Phi) is 4.96. The second kappa shape index (κ2) is 6.93. The molecular formula is C17H26N2OS. The van der Waals surface area contributed by atoms with Gasteiger partial charge in [0.25, 0.3) is 0 Å². The van der Waals surface area contributed by atoms with Gasteiger partial charge in [-0.25, -0.2) is 0 Å². The van der Waals surface area contributed by atoms with E-state index in [1.807, 2.05) is 11.3 Å². The summed E-state index contributed by atoms with van der Waals surface area (Å²) in [6.07, 6.45) is 7.44. The van der Waals surface area contributed by atoms with Gasteiger partial charge < -0.3 is 5.32 Å². The number of carbonyl (C=O) groups excluding carboxylic acids is 1. The van der Waals surface area contributed by atoms with E-state index < -0.39 is 0 Å². The first kappa shape index (κ1) is 15.0. The van der Waals surface area contributed by atoms with Crippen LogP contribution in [0, 0.1) is 5.92 Å². The molecule has 3 nitrogen and oxygen atoms in total. The molecule has 21 heavy (non-hydrogen) atoms. The zero-order valence-electron chi connectivity index (χ0n) is 12.9. The van der Waals surface area contributed by atoms with Gasteiger partial charge in [-0.05, 0) is 49.8 Å². The van der Waals surface area contributed by atoms with Gasteiger partial charge in [0, 0.05) is 36.3 Å². The molecule has 1 aromatic heterocycles. The molecule has 1 saturated carbocycles. The average molecular weight is 306 g/mol. The van der Waals surface area contributed by atoms with Gasteiger partial charge in [0.15, 0.2) is 0 Å². The van der Waals surface area contributed by atoms with E-state index in [4.69, 9.17) is 0 Å². The molecule has 1 unspecified atom stereocenters. The number of carbonyl (C=O) groups is 1. The topological polar surface area (TPSA) is 32.3 Å². The summed E-state index contributed by atoms with van der Waals surface area (Å²) in [4.78, 5) is 17.1. The van der Waals surface area contributed by atoms with Gasteiger partial charge in [-0.3, -0.25) is 9.69 Å². The molecular weight excluding hydrogens is 280 g/mol. The van der Waals surface area contributed by atoms with Crippen molar-refractivity contribution in [3.8, 4) is 0 Å². The Bertz CT molecular complexity index is 479. The molecule has 1 aliphatic carbocycles. The third-order valence-corrected chi connectivity index (χ3v) is 6.17. The highest BCUT2D eigenvalue weighted by Crippen LogP contribution is 2.38. The highest BCUT2D eigenvalue weighted by molar-refractivity contribution is 7.12. The van der Waals surface area contributed by atoms with E-state index >= 15 is 0 Å². The molecule has 1 aliphatic heterocycles. The van der Waals surface area contributed by atoms with E-state index in [1.54, 1.807) is 11.9 Å². The van der Waals surface area contributed by atoms with E-state index in [0.29, 0.717) is 12.3 Å². The lowest BCUT2D eigenvalue weighted by atomic mass is 10.1. The van der Waals surface area contributed by atoms with E-state index in [-0.39, 0.29) is 5.91 Å². The molecule has 1 atom stereocenters. The minimum absolute atomic E-state index is 0.182. The van der Waals surface area contributed by atoms with Crippen LogP contribution in [0.1, 0.15) is 54.2 Å². The number of nitrogens with one attached hydrogen (secondary N) is 1. The molecule has 116 valence electrons. The third-order valence-electron chi connectivity index (χ3n) is 4.94. The minimum Gasteiger partial charge on any atom is -0.359 e. The Morgan fingerprint density at radius 2 is 2.14 bits per heavy atom. The molecule has 2 heterocycles. The number of nitrogens with zero attached hydrogens (tertiary/aromatic N) is 1. The van der Waals surface area contributed by atoms with Gasteiger partial charge in [-0.1, -0.05) is 12.8 Å². The highest BCUT2D eigenvalue weighted by atomic mass is 32.1. The first-order chi connectivity index (χ1) is 10.2. The number of hydrogen-bond acceptors (Lipinski definition) is 3. The summed E-state index contributed by atoms with van der Waals surface area (Å²) in [5.74, 6) is 1.56. The molecule has 0 bridgehead atoms. The molecule has 3 rings (SSSR count). The summed E-state index contributed by atoms with van der Waals surface area (Å²) in [5.41, 5.74) is 0. The summed E-state index contributed by atoms with van der Waals surface area (Å²) < 4.78 is 0. The van der Waals surface area contributed by atoms with Crippen LogP contribution >= 0.6 is 11.3 Å². The molecule has 0 spiro atoms. The molecule has 0 radical (unpaired) electrons. The van der Waals surface area contributed by atoms with E-state index in [0.717, 1.165) is 32.0 Å². The predicted octanol–water partition coefficient (Wildman–Crippen LogP) is 3.36. The molecule has 2 fully saturated rings. The standard InChI is InChI=1S/C17H26N2OS/c1-18-17(20)10-13-8-9-19(11-13)12-15-6-7-16(21-15)14-4-2-3-5-14/h6-7,13-14H,2-5,8-12H2,1H3,(H,18,20). The van der Waals surface area contributed by atoms with E-state index in [1.165, 1.54) is 30.6 Å². The number of likely N-dealkylation sites (tertiary alicyclic amines) is 1. The number of amides is 1. The minimum atomic E-state index is 0.182. The van der Waals surface area contributed by atoms with Crippen molar-refractivity contribution in [2.75, 3.05) is 20.1 Å². The predicted molar refractivity (Wildman–Crippen MR) is 87.6 cm³/mol. The van der Waals surface area contributed by atoms with Crippen LogP contribution in [0.15, 0.2) is 12.1 Å². The van der Waals surface area contributed by atoms with Gasteiger partial charge in [-0.15, -0.1) is 11.3 Å². The van der Waals surface area contributed by atoms with Crippen LogP contribution in [-0.4, -0.2) is 30.9 Å². The van der Waals surface area contributed by atoms with Crippen molar-refractivity contribution >= 4 is 17.2 Å². The number of rotatable bonds is 5. The quantitative estimate of drug-likeness (QED) is 0.904. The van der Waals surface area contributed by atoms with Crippen LogP contribution < -0.4 is 5.32 Å². The zero-order valence-corrected chi connectivity index (χ0v) is 13.8. The van der Waals surface area contributed by atoms with Crippen LogP contribution in [0.5, 0.6) is 0 Å². The Morgan fingerprint density at radius 1 is 1.33 bits per heavy atom. The smallest absolute Gasteiger partial charge is 0.220 e. The molecule has 4 heteroatoms. The van der Waals surface area contributed by atoms with Crippen LogP contribution in [0.4, 0.5) is 0 Å². The van der Waals surface area contributed by atoms with E-state index in [2.05, 4.69) is 22.3 Å². The van der Waals surface area contributed by atoms with Gasteiger partial charge in [-0.2, -0.15) is 0 Å². The van der Waals surface area contributed by atoms with Crippen molar-refractivity contribution in [3.05, 3.63) is 21.9 Å². The summed E-state index contributed by atoms with van der Waals surface area (Å²) in [7, 11) is 1.73. The highest BCUT2D eigenvalue weighted by Gasteiger charge is 2.25. The van der Waals surface area contributed by atoms with Crippen LogP contribution in [0.2, 0.25) is 0 Å². The van der Waals surface area contributed by atoms with Crippen molar-refractivity contribution in [1.29, 1.82) is 0 Å². The van der Waals surface area contributed by atoms with E-state index in [9.17, 15) is 4.79 Å². The van der Waals surface area contributed by atoms with Crippen LogP contribution in [0.25, 0.3) is 0 Å². The largest absolute Gasteiger partial charge is 0.359 e. The van der Waals surface area contributed by atoms with Crippen LogP contribution in [0.3, 0.4) is 0 Å². The second-order valence-electron chi connectivity index (χ2n) is 6.55. The molecule has 1 aromatic rings. The Hall–Kier alpha value is -0.870. The lowest BCUT2D eigenvalue weighted by molar-refractivity contribution is -0.121. The normalized spacial score (nSPS) is 23.8. The molecule has 0 aromatic carbocycles. The van der Waals surface area contributed by atoms with Gasteiger partial charge in [0.2, 0.25) is 5.91 Å². The van der Waals surface area contributed by atoms with Crippen LogP contribution in [-0.2, 0) is 11.3 Å². The van der Waals surface area contributed by atoms with Crippen molar-refractivity contribution < 1.29 is 4.79 Å². The van der Waals surface area contributed by atoms with Crippen molar-refractivity contribution in [3.63, 3.8) is 0 Å². The summed E-state index contributed by atoms with van der Waals surface area (Å²) in [5, 5.41) is 2.74. The van der Waals surface area contributed by atoms with Gasteiger partial charge in [0.1, 0.15) is 0 Å². The monoisotopic (exact) mass is 306 g/mol. The van der Waals surface area contributed by atoms with Crippen molar-refractivity contribution in [2.24, 2.45) is 5.92 Å². The zero-order chi connectivity index (χ0) is 14.7. The fourth-order valence-electron chi connectivity index (χ4n) is 3.72. The lowest BCUT2D eigenvalue weighted by Crippen LogP contribution is -2.24. The maximum Gasteiger partial charge on any atom is 0.220 e. The Labute approximate surface area is 131 Å². The van der Waals surface area contributed by atoms with Crippen molar-refractivity contribution in [2.45, 2.75) is 51.0 Å². The number of hydrogen-bond donors (Lipinski definition) is 1. The Balaban J connectivity index is 1.49.